The zero-order valence-corrected chi connectivity index (χ0v) is 14.0. The molecule has 1 aromatic heterocycles. The Morgan fingerprint density at radius 3 is 2.76 bits per heavy atom. The van der Waals surface area contributed by atoms with E-state index < -0.39 is 0 Å². The molecule has 0 bridgehead atoms. The molecule has 6 heteroatoms. The predicted molar refractivity (Wildman–Crippen MR) is 95.7 cm³/mol. The molecule has 6 nitrogen and oxygen atoms in total. The summed E-state index contributed by atoms with van der Waals surface area (Å²) in [7, 11) is 3.34. The molecule has 0 saturated heterocycles. The molecule has 0 spiro atoms. The molecule has 3 aromatic rings. The maximum atomic E-state index is 5.54. The largest absolute Gasteiger partial charge is 0.497 e. The molecule has 0 amide bonds. The SMILES string of the molecule is COc1cccc(C2=C[C@H](c3ccccc3OC)n3ncnc3N2)c1. The average molecular weight is 334 g/mol. The van der Waals surface area contributed by atoms with Gasteiger partial charge in [0.2, 0.25) is 5.95 Å². The van der Waals surface area contributed by atoms with Crippen LogP contribution in [0.2, 0.25) is 0 Å². The highest BCUT2D eigenvalue weighted by Gasteiger charge is 2.25. The molecule has 1 atom stereocenters. The number of rotatable bonds is 4. The van der Waals surface area contributed by atoms with Crippen LogP contribution >= 0.6 is 0 Å². The second-order valence-electron chi connectivity index (χ2n) is 5.65. The first-order valence-corrected chi connectivity index (χ1v) is 7.96. The molecule has 1 aliphatic rings. The summed E-state index contributed by atoms with van der Waals surface area (Å²) in [5.41, 5.74) is 3.00. The highest BCUT2D eigenvalue weighted by molar-refractivity contribution is 5.77. The number of fused-ring (bicyclic) bond motifs is 1. The van der Waals surface area contributed by atoms with Crippen molar-refractivity contribution < 1.29 is 9.47 Å². The van der Waals surface area contributed by atoms with Gasteiger partial charge in [0.05, 0.1) is 14.2 Å². The molecule has 0 fully saturated rings. The Morgan fingerprint density at radius 1 is 1.04 bits per heavy atom. The Balaban J connectivity index is 1.83. The molecule has 2 heterocycles. The van der Waals surface area contributed by atoms with Gasteiger partial charge in [-0.2, -0.15) is 10.1 Å². The van der Waals surface area contributed by atoms with Crippen molar-refractivity contribution in [1.29, 1.82) is 0 Å². The van der Waals surface area contributed by atoms with E-state index in [9.17, 15) is 0 Å². The van der Waals surface area contributed by atoms with Crippen molar-refractivity contribution in [3.8, 4) is 11.5 Å². The zero-order chi connectivity index (χ0) is 17.2. The quantitative estimate of drug-likeness (QED) is 0.793. The van der Waals surface area contributed by atoms with Gasteiger partial charge in [0.1, 0.15) is 23.9 Å². The van der Waals surface area contributed by atoms with Crippen molar-refractivity contribution in [3.05, 3.63) is 72.1 Å². The van der Waals surface area contributed by atoms with E-state index >= 15 is 0 Å². The summed E-state index contributed by atoms with van der Waals surface area (Å²) >= 11 is 0. The molecule has 0 aliphatic carbocycles. The number of nitrogens with one attached hydrogen (secondary N) is 1. The van der Waals surface area contributed by atoms with E-state index in [1.54, 1.807) is 20.5 Å². The van der Waals surface area contributed by atoms with Gasteiger partial charge in [-0.05, 0) is 24.3 Å². The first kappa shape index (κ1) is 15.3. The van der Waals surface area contributed by atoms with Gasteiger partial charge in [0.15, 0.2) is 0 Å². The maximum Gasteiger partial charge on any atom is 0.226 e. The van der Waals surface area contributed by atoms with E-state index in [0.717, 1.165) is 28.3 Å². The van der Waals surface area contributed by atoms with Gasteiger partial charge in [-0.15, -0.1) is 0 Å². The lowest BCUT2D eigenvalue weighted by molar-refractivity contribution is 0.404. The molecule has 1 aliphatic heterocycles. The Morgan fingerprint density at radius 2 is 1.92 bits per heavy atom. The van der Waals surface area contributed by atoms with Gasteiger partial charge in [-0.1, -0.05) is 30.3 Å². The van der Waals surface area contributed by atoms with E-state index in [4.69, 9.17) is 9.47 Å². The number of benzene rings is 2. The monoisotopic (exact) mass is 334 g/mol. The van der Waals surface area contributed by atoms with E-state index in [0.29, 0.717) is 5.95 Å². The smallest absolute Gasteiger partial charge is 0.226 e. The number of para-hydroxylation sites is 1. The Hall–Kier alpha value is -3.28. The van der Waals surface area contributed by atoms with E-state index in [1.807, 2.05) is 53.2 Å². The first-order chi connectivity index (χ1) is 12.3. The molecule has 0 saturated carbocycles. The standard InChI is InChI=1S/C19H18N4O2/c1-24-14-7-5-6-13(10-14)16-11-17(23-19(22-16)20-12-21-23)15-8-3-4-9-18(15)25-2/h3-12,17H,1-2H3,(H,20,21,22)/t17-/m1/s1. The van der Waals surface area contributed by atoms with Crippen LogP contribution in [0, 0.1) is 0 Å². The van der Waals surface area contributed by atoms with Crippen LogP contribution in [0.4, 0.5) is 5.95 Å². The summed E-state index contributed by atoms with van der Waals surface area (Å²) < 4.78 is 12.7. The maximum absolute atomic E-state index is 5.54. The minimum Gasteiger partial charge on any atom is -0.497 e. The summed E-state index contributed by atoms with van der Waals surface area (Å²) in [5, 5.41) is 7.71. The summed E-state index contributed by atoms with van der Waals surface area (Å²) in [6.07, 6.45) is 3.67. The molecule has 25 heavy (non-hydrogen) atoms. The summed E-state index contributed by atoms with van der Waals surface area (Å²) in [6, 6.07) is 15.7. The number of anilines is 1. The van der Waals surface area contributed by atoms with Crippen molar-refractivity contribution in [1.82, 2.24) is 14.8 Å². The Labute approximate surface area is 145 Å². The lowest BCUT2D eigenvalue weighted by atomic mass is 10.0. The van der Waals surface area contributed by atoms with E-state index in [1.165, 1.54) is 0 Å². The number of allylic oxidation sites excluding steroid dienone is 1. The van der Waals surface area contributed by atoms with Crippen LogP contribution in [0.15, 0.2) is 60.9 Å². The average Bonchev–Trinajstić information content (AvgIpc) is 3.16. The molecule has 0 unspecified atom stereocenters. The van der Waals surface area contributed by atoms with Crippen LogP contribution in [0.25, 0.3) is 5.70 Å². The van der Waals surface area contributed by atoms with Crippen molar-refractivity contribution in [2.75, 3.05) is 19.5 Å². The number of hydrogen-bond acceptors (Lipinski definition) is 5. The number of methoxy groups -OCH3 is 2. The highest BCUT2D eigenvalue weighted by Crippen LogP contribution is 2.36. The fraction of sp³-hybridized carbons (Fsp3) is 0.158. The van der Waals surface area contributed by atoms with Crippen LogP contribution in [0.3, 0.4) is 0 Å². The van der Waals surface area contributed by atoms with Crippen molar-refractivity contribution in [3.63, 3.8) is 0 Å². The second-order valence-corrected chi connectivity index (χ2v) is 5.65. The highest BCUT2D eigenvalue weighted by atomic mass is 16.5. The first-order valence-electron chi connectivity index (χ1n) is 7.96. The van der Waals surface area contributed by atoms with Crippen molar-refractivity contribution in [2.45, 2.75) is 6.04 Å². The lowest BCUT2D eigenvalue weighted by Crippen LogP contribution is -2.20. The molecule has 1 N–H and O–H groups in total. The number of nitrogens with zero attached hydrogens (tertiary/aromatic N) is 3. The molecule has 0 radical (unpaired) electrons. The summed E-state index contributed by atoms with van der Waals surface area (Å²) in [5.74, 6) is 2.31. The Bertz CT molecular complexity index is 932. The van der Waals surface area contributed by atoms with Crippen LogP contribution in [-0.2, 0) is 0 Å². The van der Waals surface area contributed by atoms with Gasteiger partial charge in [0, 0.05) is 16.8 Å². The van der Waals surface area contributed by atoms with Gasteiger partial charge in [-0.25, -0.2) is 4.68 Å². The van der Waals surface area contributed by atoms with E-state index in [2.05, 4.69) is 21.5 Å². The molecular weight excluding hydrogens is 316 g/mol. The van der Waals surface area contributed by atoms with Crippen molar-refractivity contribution in [2.24, 2.45) is 0 Å². The van der Waals surface area contributed by atoms with E-state index in [-0.39, 0.29) is 6.04 Å². The van der Waals surface area contributed by atoms with Gasteiger partial charge >= 0.3 is 0 Å². The summed E-state index contributed by atoms with van der Waals surface area (Å²) in [4.78, 5) is 4.33. The predicted octanol–water partition coefficient (Wildman–Crippen LogP) is 3.35. The summed E-state index contributed by atoms with van der Waals surface area (Å²) in [6.45, 7) is 0. The molecular formula is C19H18N4O2. The Kier molecular flexibility index (Phi) is 3.85. The minimum absolute atomic E-state index is 0.115. The van der Waals surface area contributed by atoms with Crippen LogP contribution in [-0.4, -0.2) is 29.0 Å². The number of ether oxygens (including phenoxy) is 2. The van der Waals surface area contributed by atoms with Crippen molar-refractivity contribution >= 4 is 11.6 Å². The van der Waals surface area contributed by atoms with Gasteiger partial charge in [0.25, 0.3) is 0 Å². The fourth-order valence-corrected chi connectivity index (χ4v) is 3.02. The van der Waals surface area contributed by atoms with Crippen LogP contribution in [0.1, 0.15) is 17.2 Å². The topological polar surface area (TPSA) is 61.2 Å². The third-order valence-electron chi connectivity index (χ3n) is 4.25. The third kappa shape index (κ3) is 2.71. The third-order valence-corrected chi connectivity index (χ3v) is 4.25. The lowest BCUT2D eigenvalue weighted by Gasteiger charge is -2.25. The minimum atomic E-state index is -0.115. The van der Waals surface area contributed by atoms with Gasteiger partial charge < -0.3 is 14.8 Å². The second kappa shape index (κ2) is 6.32. The van der Waals surface area contributed by atoms with Crippen LogP contribution in [0.5, 0.6) is 11.5 Å². The number of aromatic nitrogens is 3. The molecule has 4 rings (SSSR count). The van der Waals surface area contributed by atoms with Gasteiger partial charge in [-0.3, -0.25) is 0 Å². The zero-order valence-electron chi connectivity index (χ0n) is 14.0. The number of hydrogen-bond donors (Lipinski definition) is 1. The molecule has 2 aromatic carbocycles. The fourth-order valence-electron chi connectivity index (χ4n) is 3.02. The normalized spacial score (nSPS) is 15.8. The van der Waals surface area contributed by atoms with Crippen LogP contribution < -0.4 is 14.8 Å². The molecule has 126 valence electrons.